The van der Waals surface area contributed by atoms with E-state index in [0.717, 1.165) is 25.2 Å². The third kappa shape index (κ3) is 6.33. The van der Waals surface area contributed by atoms with Gasteiger partial charge in [-0.1, -0.05) is 25.4 Å². The van der Waals surface area contributed by atoms with Gasteiger partial charge in [0.2, 0.25) is 0 Å². The lowest BCUT2D eigenvalue weighted by Gasteiger charge is -2.33. The second-order valence-electron chi connectivity index (χ2n) is 7.45. The Bertz CT molecular complexity index is 760. The molecule has 1 fully saturated rings. The quantitative estimate of drug-likeness (QED) is 0.621. The van der Waals surface area contributed by atoms with Crippen molar-refractivity contribution in [3.05, 3.63) is 41.4 Å². The van der Waals surface area contributed by atoms with Gasteiger partial charge in [0.15, 0.2) is 11.7 Å². The predicted octanol–water partition coefficient (Wildman–Crippen LogP) is 3.83. The molecule has 28 heavy (non-hydrogen) atoms. The van der Waals surface area contributed by atoms with Crippen LogP contribution in [0.25, 0.3) is 11.3 Å². The molecule has 1 aromatic carbocycles. The van der Waals surface area contributed by atoms with Crippen molar-refractivity contribution in [1.82, 2.24) is 9.88 Å². The predicted molar refractivity (Wildman–Crippen MR) is 107 cm³/mol. The molecule has 0 spiro atoms. The summed E-state index contributed by atoms with van der Waals surface area (Å²) >= 11 is 5.90. The van der Waals surface area contributed by atoms with Gasteiger partial charge >= 0.3 is 5.97 Å². The van der Waals surface area contributed by atoms with Crippen LogP contribution in [0.5, 0.6) is 0 Å². The molecule has 2 heterocycles. The van der Waals surface area contributed by atoms with Gasteiger partial charge in [0.1, 0.15) is 12.7 Å². The van der Waals surface area contributed by atoms with Crippen molar-refractivity contribution in [3.63, 3.8) is 0 Å². The minimum atomic E-state index is -0.268. The Morgan fingerprint density at radius 2 is 2.14 bits per heavy atom. The molecule has 1 aliphatic heterocycles. The number of benzene rings is 1. The number of hydrogen-bond donors (Lipinski definition) is 0. The minimum absolute atomic E-state index is 0.0605. The van der Waals surface area contributed by atoms with Crippen LogP contribution in [0, 0.1) is 5.92 Å². The fourth-order valence-electron chi connectivity index (χ4n) is 3.20. The van der Waals surface area contributed by atoms with Crippen LogP contribution >= 0.6 is 11.6 Å². The number of nitrogens with zero attached hydrogens (tertiary/aromatic N) is 2. The zero-order valence-corrected chi connectivity index (χ0v) is 17.2. The highest BCUT2D eigenvalue weighted by Gasteiger charge is 2.22. The molecule has 6 nitrogen and oxygen atoms in total. The summed E-state index contributed by atoms with van der Waals surface area (Å²) in [6.45, 7) is 8.14. The zero-order chi connectivity index (χ0) is 19.9. The van der Waals surface area contributed by atoms with Crippen molar-refractivity contribution in [1.29, 1.82) is 0 Å². The Labute approximate surface area is 170 Å². The number of carbonyl (C=O) groups is 1. The third-order valence-corrected chi connectivity index (χ3v) is 4.75. The van der Waals surface area contributed by atoms with E-state index >= 15 is 0 Å². The highest BCUT2D eigenvalue weighted by Crippen LogP contribution is 2.22. The number of halogens is 1. The summed E-state index contributed by atoms with van der Waals surface area (Å²) < 4.78 is 16.8. The number of ether oxygens (including phenoxy) is 2. The molecular weight excluding hydrogens is 380 g/mol. The highest BCUT2D eigenvalue weighted by atomic mass is 35.5. The van der Waals surface area contributed by atoms with E-state index in [2.05, 4.69) is 23.7 Å². The fourth-order valence-corrected chi connectivity index (χ4v) is 3.33. The monoisotopic (exact) mass is 406 g/mol. The third-order valence-electron chi connectivity index (χ3n) is 4.50. The molecular formula is C21H27ClN2O4. The zero-order valence-electron chi connectivity index (χ0n) is 16.4. The standard InChI is InChI=1S/C21H27ClN2O4/c1-15(2)12-24-9-10-26-18(13-24)14-27-21(25)8-7-20-23-11-19(28-20)16-3-5-17(22)6-4-16/h3-6,11,15,18H,7-10,12-14H2,1-2H3. The van der Waals surface area contributed by atoms with E-state index in [1.165, 1.54) is 0 Å². The Hall–Kier alpha value is -1.89. The molecule has 2 aromatic rings. The second-order valence-corrected chi connectivity index (χ2v) is 7.89. The largest absolute Gasteiger partial charge is 0.463 e. The topological polar surface area (TPSA) is 64.8 Å². The smallest absolute Gasteiger partial charge is 0.306 e. The number of esters is 1. The van der Waals surface area contributed by atoms with E-state index < -0.39 is 0 Å². The normalized spacial score (nSPS) is 17.8. The van der Waals surface area contributed by atoms with Crippen LogP contribution in [0.2, 0.25) is 5.02 Å². The van der Waals surface area contributed by atoms with E-state index in [-0.39, 0.29) is 25.1 Å². The van der Waals surface area contributed by atoms with E-state index in [1.807, 2.05) is 12.1 Å². The molecule has 0 N–H and O–H groups in total. The number of morpholine rings is 1. The van der Waals surface area contributed by atoms with Gasteiger partial charge in [0, 0.05) is 36.6 Å². The van der Waals surface area contributed by atoms with Gasteiger partial charge < -0.3 is 13.9 Å². The molecule has 0 radical (unpaired) electrons. The molecule has 0 aliphatic carbocycles. The molecule has 1 aliphatic rings. The number of rotatable bonds is 8. The van der Waals surface area contributed by atoms with Gasteiger partial charge in [-0.25, -0.2) is 4.98 Å². The Morgan fingerprint density at radius 3 is 2.89 bits per heavy atom. The van der Waals surface area contributed by atoms with Crippen LogP contribution in [0.1, 0.15) is 26.2 Å². The number of hydrogen-bond acceptors (Lipinski definition) is 6. The van der Waals surface area contributed by atoms with Crippen molar-refractivity contribution in [2.75, 3.05) is 32.8 Å². The van der Waals surface area contributed by atoms with Gasteiger partial charge in [-0.3, -0.25) is 9.69 Å². The summed E-state index contributed by atoms with van der Waals surface area (Å²) in [4.78, 5) is 18.7. The molecule has 152 valence electrons. The molecule has 0 bridgehead atoms. The van der Waals surface area contributed by atoms with Crippen LogP contribution in [0.4, 0.5) is 0 Å². The molecule has 1 unspecified atom stereocenters. The van der Waals surface area contributed by atoms with Crippen molar-refractivity contribution in [2.45, 2.75) is 32.8 Å². The van der Waals surface area contributed by atoms with E-state index in [4.69, 9.17) is 25.5 Å². The summed E-state index contributed by atoms with van der Waals surface area (Å²) in [6.07, 6.45) is 2.22. The lowest BCUT2D eigenvalue weighted by atomic mass is 10.2. The second kappa shape index (κ2) is 10.0. The fraction of sp³-hybridized carbons (Fsp3) is 0.524. The van der Waals surface area contributed by atoms with Crippen molar-refractivity contribution in [3.8, 4) is 11.3 Å². The molecule has 1 atom stereocenters. The van der Waals surface area contributed by atoms with Gasteiger partial charge in [-0.05, 0) is 30.2 Å². The number of carbonyl (C=O) groups excluding carboxylic acids is 1. The Balaban J connectivity index is 1.40. The van der Waals surface area contributed by atoms with Gasteiger partial charge in [0.05, 0.1) is 19.2 Å². The number of aromatic nitrogens is 1. The lowest BCUT2D eigenvalue weighted by Crippen LogP contribution is -2.45. The minimum Gasteiger partial charge on any atom is -0.463 e. The van der Waals surface area contributed by atoms with E-state index in [0.29, 0.717) is 35.6 Å². The first-order chi connectivity index (χ1) is 13.5. The summed E-state index contributed by atoms with van der Waals surface area (Å²) in [5.41, 5.74) is 0.895. The maximum absolute atomic E-state index is 12.1. The SMILES string of the molecule is CC(C)CN1CCOC(COC(=O)CCc2ncc(-c3ccc(Cl)cc3)o2)C1. The van der Waals surface area contributed by atoms with Crippen molar-refractivity contribution in [2.24, 2.45) is 5.92 Å². The molecule has 1 aromatic heterocycles. The summed E-state index contributed by atoms with van der Waals surface area (Å²) in [6, 6.07) is 7.33. The lowest BCUT2D eigenvalue weighted by molar-refractivity contribution is -0.150. The Kier molecular flexibility index (Phi) is 7.48. The highest BCUT2D eigenvalue weighted by molar-refractivity contribution is 6.30. The van der Waals surface area contributed by atoms with Crippen LogP contribution in [-0.2, 0) is 20.7 Å². The van der Waals surface area contributed by atoms with Gasteiger partial charge in [-0.15, -0.1) is 0 Å². The Morgan fingerprint density at radius 1 is 1.36 bits per heavy atom. The first-order valence-corrected chi connectivity index (χ1v) is 10.1. The molecule has 7 heteroatoms. The van der Waals surface area contributed by atoms with Gasteiger partial charge in [-0.2, -0.15) is 0 Å². The maximum atomic E-state index is 12.1. The van der Waals surface area contributed by atoms with Crippen LogP contribution < -0.4 is 0 Å². The first kappa shape index (κ1) is 20.8. The molecule has 0 amide bonds. The molecule has 3 rings (SSSR count). The number of aryl methyl sites for hydroxylation is 1. The van der Waals surface area contributed by atoms with Crippen LogP contribution in [0.3, 0.4) is 0 Å². The van der Waals surface area contributed by atoms with E-state index in [9.17, 15) is 4.79 Å². The van der Waals surface area contributed by atoms with Crippen LogP contribution in [-0.4, -0.2) is 54.8 Å². The average Bonchev–Trinajstić information content (AvgIpc) is 3.14. The number of oxazole rings is 1. The first-order valence-electron chi connectivity index (χ1n) is 9.70. The van der Waals surface area contributed by atoms with Crippen molar-refractivity contribution >= 4 is 17.6 Å². The molecule has 0 saturated carbocycles. The summed E-state index contributed by atoms with van der Waals surface area (Å²) in [5.74, 6) is 1.51. The summed E-state index contributed by atoms with van der Waals surface area (Å²) in [7, 11) is 0. The average molecular weight is 407 g/mol. The molecule has 1 saturated heterocycles. The van der Waals surface area contributed by atoms with Crippen LogP contribution in [0.15, 0.2) is 34.9 Å². The van der Waals surface area contributed by atoms with Crippen molar-refractivity contribution < 1.29 is 18.7 Å². The summed E-state index contributed by atoms with van der Waals surface area (Å²) in [5, 5.41) is 0.667. The maximum Gasteiger partial charge on any atom is 0.306 e. The van der Waals surface area contributed by atoms with Gasteiger partial charge in [0.25, 0.3) is 0 Å². The van der Waals surface area contributed by atoms with E-state index in [1.54, 1.807) is 18.3 Å².